The van der Waals surface area contributed by atoms with Gasteiger partial charge in [-0.05, 0) is 61.3 Å². The van der Waals surface area contributed by atoms with Crippen molar-refractivity contribution in [1.82, 2.24) is 4.98 Å². The van der Waals surface area contributed by atoms with Gasteiger partial charge in [-0.15, -0.1) is 0 Å². The number of nitrogens with zero attached hydrogens (tertiary/aromatic N) is 1. The van der Waals surface area contributed by atoms with Crippen molar-refractivity contribution in [2.75, 3.05) is 19.8 Å². The monoisotopic (exact) mass is 374 g/mol. The van der Waals surface area contributed by atoms with E-state index < -0.39 is 0 Å². The summed E-state index contributed by atoms with van der Waals surface area (Å²) in [5, 5.41) is 9.91. The van der Waals surface area contributed by atoms with Crippen LogP contribution in [0.2, 0.25) is 0 Å². The van der Waals surface area contributed by atoms with Crippen molar-refractivity contribution in [2.24, 2.45) is 5.73 Å². The molecule has 26 heavy (non-hydrogen) atoms. The predicted octanol–water partition coefficient (Wildman–Crippen LogP) is 4.29. The van der Waals surface area contributed by atoms with Crippen molar-refractivity contribution in [3.63, 3.8) is 0 Å². The minimum Gasteiger partial charge on any atom is -0.470 e. The van der Waals surface area contributed by atoms with Gasteiger partial charge >= 0.3 is 0 Å². The number of fused-ring (bicyclic) bond motifs is 3. The maximum Gasteiger partial charge on any atom is 0.273 e. The average Bonchev–Trinajstić information content (AvgIpc) is 3.09. The summed E-state index contributed by atoms with van der Waals surface area (Å²) >= 11 is 1.68. The van der Waals surface area contributed by atoms with E-state index in [1.807, 2.05) is 0 Å². The SMILES string of the molecule is CCCCCOc1nc2c(s1)-c1ccc([C@H](CN)CCCO)cc1CC2. The van der Waals surface area contributed by atoms with Gasteiger partial charge in [0.15, 0.2) is 0 Å². The molecule has 0 fully saturated rings. The third-order valence-corrected chi connectivity index (χ3v) is 6.17. The summed E-state index contributed by atoms with van der Waals surface area (Å²) in [5.74, 6) is 0.327. The van der Waals surface area contributed by atoms with Gasteiger partial charge in [0.25, 0.3) is 5.19 Å². The van der Waals surface area contributed by atoms with Crippen LogP contribution in [0.25, 0.3) is 10.4 Å². The number of rotatable bonds is 10. The van der Waals surface area contributed by atoms with Crippen LogP contribution in [-0.4, -0.2) is 29.8 Å². The second-order valence-electron chi connectivity index (χ2n) is 7.03. The molecule has 1 aliphatic rings. The summed E-state index contributed by atoms with van der Waals surface area (Å²) in [6, 6.07) is 6.74. The van der Waals surface area contributed by atoms with Crippen LogP contribution < -0.4 is 10.5 Å². The smallest absolute Gasteiger partial charge is 0.273 e. The van der Waals surface area contributed by atoms with E-state index in [2.05, 4.69) is 25.1 Å². The van der Waals surface area contributed by atoms with Gasteiger partial charge in [-0.2, -0.15) is 0 Å². The minimum absolute atomic E-state index is 0.229. The van der Waals surface area contributed by atoms with Crippen molar-refractivity contribution in [1.29, 1.82) is 0 Å². The first-order valence-electron chi connectivity index (χ1n) is 9.83. The fraction of sp³-hybridized carbons (Fsp3) is 0.571. The molecule has 1 aromatic carbocycles. The molecule has 3 N–H and O–H groups in total. The first-order chi connectivity index (χ1) is 12.8. The normalized spacial score (nSPS) is 14.0. The Morgan fingerprint density at radius 1 is 1.27 bits per heavy atom. The lowest BCUT2D eigenvalue weighted by molar-refractivity contribution is 0.280. The number of aryl methyl sites for hydroxylation is 2. The standard InChI is InChI=1S/C21H30N2O2S/c1-2-3-4-12-25-21-23-19-10-8-16-13-15(17(14-22)6-5-11-24)7-9-18(16)20(19)26-21/h7,9,13,17,24H,2-6,8,10-12,14,22H2,1H3/t17-/m0/s1. The highest BCUT2D eigenvalue weighted by Gasteiger charge is 2.22. The molecule has 0 radical (unpaired) electrons. The highest BCUT2D eigenvalue weighted by atomic mass is 32.1. The Kier molecular flexibility index (Phi) is 7.06. The molecular weight excluding hydrogens is 344 g/mol. The molecule has 142 valence electrons. The van der Waals surface area contributed by atoms with E-state index >= 15 is 0 Å². The first-order valence-corrected chi connectivity index (χ1v) is 10.6. The third-order valence-electron chi connectivity index (χ3n) is 5.12. The minimum atomic E-state index is 0.229. The fourth-order valence-electron chi connectivity index (χ4n) is 3.59. The number of nitrogens with two attached hydrogens (primary N) is 1. The van der Waals surface area contributed by atoms with Gasteiger partial charge in [0.2, 0.25) is 0 Å². The topological polar surface area (TPSA) is 68.4 Å². The maximum absolute atomic E-state index is 9.09. The number of thiazole rings is 1. The molecule has 3 rings (SSSR count). The second-order valence-corrected chi connectivity index (χ2v) is 7.99. The van der Waals surface area contributed by atoms with E-state index in [0.29, 0.717) is 12.5 Å². The Hall–Kier alpha value is -1.43. The molecule has 0 saturated carbocycles. The summed E-state index contributed by atoms with van der Waals surface area (Å²) < 4.78 is 5.87. The molecule has 0 bridgehead atoms. The van der Waals surface area contributed by atoms with Gasteiger partial charge in [0, 0.05) is 6.61 Å². The molecule has 1 aliphatic carbocycles. The van der Waals surface area contributed by atoms with Crippen LogP contribution in [0.1, 0.15) is 61.8 Å². The summed E-state index contributed by atoms with van der Waals surface area (Å²) in [4.78, 5) is 5.98. The summed E-state index contributed by atoms with van der Waals surface area (Å²) in [7, 11) is 0. The van der Waals surface area contributed by atoms with E-state index in [9.17, 15) is 0 Å². The molecule has 1 heterocycles. The van der Waals surface area contributed by atoms with E-state index in [4.69, 9.17) is 20.6 Å². The zero-order chi connectivity index (χ0) is 18.4. The van der Waals surface area contributed by atoms with Crippen molar-refractivity contribution < 1.29 is 9.84 Å². The number of benzene rings is 1. The molecule has 1 aromatic heterocycles. The van der Waals surface area contributed by atoms with Gasteiger partial charge in [-0.25, -0.2) is 4.98 Å². The number of unbranched alkanes of at least 4 members (excludes halogenated alkanes) is 2. The Morgan fingerprint density at radius 2 is 2.15 bits per heavy atom. The lowest BCUT2D eigenvalue weighted by Gasteiger charge is -2.20. The van der Waals surface area contributed by atoms with Gasteiger partial charge in [0.1, 0.15) is 0 Å². The van der Waals surface area contributed by atoms with Crippen LogP contribution in [0.15, 0.2) is 18.2 Å². The van der Waals surface area contributed by atoms with Gasteiger partial charge in [-0.3, -0.25) is 0 Å². The fourth-order valence-corrected chi connectivity index (χ4v) is 4.64. The van der Waals surface area contributed by atoms with Crippen LogP contribution in [0, 0.1) is 0 Å². The largest absolute Gasteiger partial charge is 0.470 e. The molecule has 0 aliphatic heterocycles. The van der Waals surface area contributed by atoms with E-state index in [1.165, 1.54) is 40.1 Å². The highest BCUT2D eigenvalue weighted by Crippen LogP contribution is 2.41. The highest BCUT2D eigenvalue weighted by molar-refractivity contribution is 7.17. The maximum atomic E-state index is 9.09. The molecule has 0 unspecified atom stereocenters. The number of aliphatic hydroxyl groups excluding tert-OH is 1. The lowest BCUT2D eigenvalue weighted by Crippen LogP contribution is -2.14. The predicted molar refractivity (Wildman–Crippen MR) is 108 cm³/mol. The van der Waals surface area contributed by atoms with Crippen LogP contribution in [0.4, 0.5) is 0 Å². The van der Waals surface area contributed by atoms with Gasteiger partial charge in [-0.1, -0.05) is 49.3 Å². The van der Waals surface area contributed by atoms with Crippen molar-refractivity contribution >= 4 is 11.3 Å². The Bertz CT molecular complexity index is 714. The molecule has 5 heteroatoms. The Morgan fingerprint density at radius 3 is 2.92 bits per heavy atom. The lowest BCUT2D eigenvalue weighted by atomic mass is 9.87. The Balaban J connectivity index is 1.75. The van der Waals surface area contributed by atoms with Gasteiger partial charge in [0.05, 0.1) is 17.2 Å². The molecule has 1 atom stereocenters. The summed E-state index contributed by atoms with van der Waals surface area (Å²) in [5.41, 5.74) is 11.1. The molecule has 0 amide bonds. The van der Waals surface area contributed by atoms with Crippen molar-refractivity contribution in [3.05, 3.63) is 35.0 Å². The molecule has 2 aromatic rings. The van der Waals surface area contributed by atoms with Crippen LogP contribution in [0.3, 0.4) is 0 Å². The molecule has 0 saturated heterocycles. The molecule has 0 spiro atoms. The Labute approximate surface area is 160 Å². The van der Waals surface area contributed by atoms with Crippen molar-refractivity contribution in [3.8, 4) is 15.6 Å². The average molecular weight is 375 g/mol. The molecular formula is C21H30N2O2S. The number of hydrogen-bond acceptors (Lipinski definition) is 5. The summed E-state index contributed by atoms with van der Waals surface area (Å²) in [6.45, 7) is 3.81. The quantitative estimate of drug-likeness (QED) is 0.609. The van der Waals surface area contributed by atoms with Crippen LogP contribution in [-0.2, 0) is 12.8 Å². The zero-order valence-corrected chi connectivity index (χ0v) is 16.5. The van der Waals surface area contributed by atoms with E-state index in [-0.39, 0.29) is 6.61 Å². The first kappa shape index (κ1) is 19.3. The number of hydrogen-bond donors (Lipinski definition) is 2. The van der Waals surface area contributed by atoms with E-state index in [0.717, 1.165) is 43.9 Å². The molecule has 4 nitrogen and oxygen atoms in total. The third kappa shape index (κ3) is 4.45. The summed E-state index contributed by atoms with van der Waals surface area (Å²) in [6.07, 6.45) is 7.24. The van der Waals surface area contributed by atoms with Crippen molar-refractivity contribution in [2.45, 2.75) is 57.8 Å². The number of ether oxygens (including phenoxy) is 1. The number of aromatic nitrogens is 1. The second kappa shape index (κ2) is 9.49. The van der Waals surface area contributed by atoms with E-state index in [1.54, 1.807) is 11.3 Å². The van der Waals surface area contributed by atoms with Crippen LogP contribution >= 0.6 is 11.3 Å². The number of aliphatic hydroxyl groups is 1. The van der Waals surface area contributed by atoms with Crippen LogP contribution in [0.5, 0.6) is 5.19 Å². The zero-order valence-electron chi connectivity index (χ0n) is 15.7. The van der Waals surface area contributed by atoms with Gasteiger partial charge < -0.3 is 15.6 Å².